The second-order valence-electron chi connectivity index (χ2n) is 7.67. The monoisotopic (exact) mass is 411 g/mol. The molecule has 0 aliphatic carbocycles. The Bertz CT molecular complexity index is 1080. The van der Waals surface area contributed by atoms with Gasteiger partial charge in [-0.2, -0.15) is 5.10 Å². The van der Waals surface area contributed by atoms with Gasteiger partial charge in [0.15, 0.2) is 0 Å². The smallest absolute Gasteiger partial charge is 0.264 e. The number of benzene rings is 2. The Balaban J connectivity index is 2.06. The number of aryl methyl sites for hydroxylation is 3. The van der Waals surface area contributed by atoms with Crippen LogP contribution in [0.25, 0.3) is 0 Å². The van der Waals surface area contributed by atoms with Crippen molar-refractivity contribution < 1.29 is 8.42 Å². The summed E-state index contributed by atoms with van der Waals surface area (Å²) >= 11 is 0. The summed E-state index contributed by atoms with van der Waals surface area (Å²) in [5.41, 5.74) is 4.55. The van der Waals surface area contributed by atoms with Crippen molar-refractivity contribution in [3.05, 3.63) is 77.1 Å². The minimum Gasteiger partial charge on any atom is -0.273 e. The fourth-order valence-electron chi connectivity index (χ4n) is 3.15. The van der Waals surface area contributed by atoms with Gasteiger partial charge < -0.3 is 0 Å². The van der Waals surface area contributed by atoms with E-state index in [2.05, 4.69) is 18.9 Å². The van der Waals surface area contributed by atoms with Crippen LogP contribution in [0.3, 0.4) is 0 Å². The summed E-state index contributed by atoms with van der Waals surface area (Å²) in [6.07, 6.45) is 1.87. The van der Waals surface area contributed by atoms with Gasteiger partial charge in [0, 0.05) is 12.7 Å². The average molecular weight is 412 g/mol. The van der Waals surface area contributed by atoms with E-state index in [4.69, 9.17) is 0 Å². The summed E-state index contributed by atoms with van der Waals surface area (Å²) in [5, 5.41) is 4.49. The summed E-state index contributed by atoms with van der Waals surface area (Å²) in [4.78, 5) is 0.295. The maximum atomic E-state index is 13.6. The summed E-state index contributed by atoms with van der Waals surface area (Å²) in [6.45, 7) is 11.1. The summed E-state index contributed by atoms with van der Waals surface area (Å²) in [5.74, 6) is 0.383. The van der Waals surface area contributed by atoms with Crippen LogP contribution >= 0.6 is 0 Å². The minimum absolute atomic E-state index is 0.184. The Morgan fingerprint density at radius 3 is 2.24 bits per heavy atom. The standard InChI is InChI=1S/C23H29N3O2S/c1-6-25-14-13-21(24-25)16-26(22-10-8-20(9-11-22)17(2)3)29(27,28)23-12-7-18(4)19(5)15-23/h7-15,17H,6,16H2,1-5H3. The van der Waals surface area contributed by atoms with Gasteiger partial charge in [0.2, 0.25) is 0 Å². The van der Waals surface area contributed by atoms with Crippen LogP contribution in [0.2, 0.25) is 0 Å². The number of anilines is 1. The Hall–Kier alpha value is -2.60. The van der Waals surface area contributed by atoms with E-state index in [0.717, 1.165) is 17.7 Å². The zero-order chi connectivity index (χ0) is 21.2. The molecule has 0 spiro atoms. The average Bonchev–Trinajstić information content (AvgIpc) is 3.16. The molecule has 1 heterocycles. The zero-order valence-electron chi connectivity index (χ0n) is 17.8. The van der Waals surface area contributed by atoms with Gasteiger partial charge >= 0.3 is 0 Å². The number of hydrogen-bond donors (Lipinski definition) is 0. The van der Waals surface area contributed by atoms with Crippen LogP contribution in [-0.4, -0.2) is 18.2 Å². The molecule has 0 amide bonds. The molecule has 0 aliphatic heterocycles. The van der Waals surface area contributed by atoms with Crippen LogP contribution in [0.1, 0.15) is 49.1 Å². The molecule has 1 aromatic heterocycles. The Labute approximate surface area is 174 Å². The molecule has 0 atom stereocenters. The molecular weight excluding hydrogens is 382 g/mol. The third-order valence-electron chi connectivity index (χ3n) is 5.24. The van der Waals surface area contributed by atoms with E-state index in [9.17, 15) is 8.42 Å². The van der Waals surface area contributed by atoms with Crippen molar-refractivity contribution in [2.75, 3.05) is 4.31 Å². The third kappa shape index (κ3) is 4.53. The highest BCUT2D eigenvalue weighted by Crippen LogP contribution is 2.28. The van der Waals surface area contributed by atoms with Crippen LogP contribution in [0.4, 0.5) is 5.69 Å². The highest BCUT2D eigenvalue weighted by molar-refractivity contribution is 7.92. The van der Waals surface area contributed by atoms with Crippen molar-refractivity contribution >= 4 is 15.7 Å². The van der Waals surface area contributed by atoms with E-state index in [-0.39, 0.29) is 6.54 Å². The molecular formula is C23H29N3O2S. The molecule has 29 heavy (non-hydrogen) atoms. The normalized spacial score (nSPS) is 11.8. The fourth-order valence-corrected chi connectivity index (χ4v) is 4.68. The molecule has 0 aliphatic rings. The van der Waals surface area contributed by atoms with Gasteiger partial charge in [-0.05, 0) is 73.7 Å². The van der Waals surface area contributed by atoms with Crippen molar-refractivity contribution in [1.29, 1.82) is 0 Å². The van der Waals surface area contributed by atoms with Gasteiger partial charge in [-0.25, -0.2) is 8.42 Å². The van der Waals surface area contributed by atoms with Crippen molar-refractivity contribution in [2.45, 2.75) is 58.5 Å². The second-order valence-corrected chi connectivity index (χ2v) is 9.53. The van der Waals surface area contributed by atoms with Gasteiger partial charge in [0.1, 0.15) is 0 Å². The maximum absolute atomic E-state index is 13.6. The quantitative estimate of drug-likeness (QED) is 0.547. The zero-order valence-corrected chi connectivity index (χ0v) is 18.6. The van der Waals surface area contributed by atoms with E-state index in [1.54, 1.807) is 16.8 Å². The fraction of sp³-hybridized carbons (Fsp3) is 0.348. The lowest BCUT2D eigenvalue weighted by atomic mass is 10.0. The molecule has 6 heteroatoms. The van der Waals surface area contributed by atoms with Crippen molar-refractivity contribution in [2.24, 2.45) is 0 Å². The molecule has 154 valence electrons. The topological polar surface area (TPSA) is 55.2 Å². The molecule has 0 radical (unpaired) electrons. The Kier molecular flexibility index (Phi) is 6.13. The first-order valence-electron chi connectivity index (χ1n) is 9.94. The Morgan fingerprint density at radius 2 is 1.69 bits per heavy atom. The summed E-state index contributed by atoms with van der Waals surface area (Å²) < 4.78 is 30.4. The van der Waals surface area contributed by atoms with E-state index >= 15 is 0 Å². The largest absolute Gasteiger partial charge is 0.273 e. The van der Waals surface area contributed by atoms with Crippen LogP contribution in [-0.2, 0) is 23.1 Å². The van der Waals surface area contributed by atoms with Crippen molar-refractivity contribution in [3.63, 3.8) is 0 Å². The minimum atomic E-state index is -3.74. The number of sulfonamides is 1. The van der Waals surface area contributed by atoms with Crippen LogP contribution < -0.4 is 4.31 Å². The first kappa shape index (κ1) is 21.1. The third-order valence-corrected chi connectivity index (χ3v) is 7.01. The second kappa shape index (κ2) is 8.41. The lowest BCUT2D eigenvalue weighted by Gasteiger charge is -2.24. The highest BCUT2D eigenvalue weighted by atomic mass is 32.2. The number of hydrogen-bond acceptors (Lipinski definition) is 3. The molecule has 0 saturated carbocycles. The molecule has 3 aromatic rings. The van der Waals surface area contributed by atoms with Crippen LogP contribution in [0, 0.1) is 13.8 Å². The first-order valence-corrected chi connectivity index (χ1v) is 11.4. The number of rotatable bonds is 7. The molecule has 5 nitrogen and oxygen atoms in total. The number of nitrogens with zero attached hydrogens (tertiary/aromatic N) is 3. The molecule has 0 bridgehead atoms. The molecule has 0 N–H and O–H groups in total. The first-order chi connectivity index (χ1) is 13.7. The predicted molar refractivity (Wildman–Crippen MR) is 118 cm³/mol. The van der Waals surface area contributed by atoms with Gasteiger partial charge in [-0.15, -0.1) is 0 Å². The predicted octanol–water partition coefficient (Wildman–Crippen LogP) is 5.04. The van der Waals surface area contributed by atoms with Gasteiger partial charge in [-0.1, -0.05) is 32.0 Å². The Morgan fingerprint density at radius 1 is 1.00 bits per heavy atom. The lowest BCUT2D eigenvalue weighted by Crippen LogP contribution is -2.31. The molecule has 2 aromatic carbocycles. The molecule has 0 fully saturated rings. The maximum Gasteiger partial charge on any atom is 0.264 e. The van der Waals surface area contributed by atoms with Gasteiger partial charge in [0.25, 0.3) is 10.0 Å². The van der Waals surface area contributed by atoms with Crippen molar-refractivity contribution in [1.82, 2.24) is 9.78 Å². The SMILES string of the molecule is CCn1ccc(CN(c2ccc(C(C)C)cc2)S(=O)(=O)c2ccc(C)c(C)c2)n1. The van der Waals surface area contributed by atoms with E-state index in [0.29, 0.717) is 22.2 Å². The van der Waals surface area contributed by atoms with Gasteiger partial charge in [-0.3, -0.25) is 8.99 Å². The number of aromatic nitrogens is 2. The summed E-state index contributed by atoms with van der Waals surface area (Å²) in [7, 11) is -3.74. The van der Waals surface area contributed by atoms with E-state index in [1.165, 1.54) is 9.87 Å². The van der Waals surface area contributed by atoms with Crippen molar-refractivity contribution in [3.8, 4) is 0 Å². The lowest BCUT2D eigenvalue weighted by molar-refractivity contribution is 0.588. The molecule has 0 unspecified atom stereocenters. The van der Waals surface area contributed by atoms with Crippen LogP contribution in [0.5, 0.6) is 0 Å². The summed E-state index contributed by atoms with van der Waals surface area (Å²) in [6, 6.07) is 14.9. The highest BCUT2D eigenvalue weighted by Gasteiger charge is 2.26. The van der Waals surface area contributed by atoms with E-state index < -0.39 is 10.0 Å². The molecule has 0 saturated heterocycles. The van der Waals surface area contributed by atoms with Crippen LogP contribution in [0.15, 0.2) is 59.6 Å². The molecule has 3 rings (SSSR count). The van der Waals surface area contributed by atoms with E-state index in [1.807, 2.05) is 63.4 Å². The van der Waals surface area contributed by atoms with Gasteiger partial charge in [0.05, 0.1) is 22.8 Å².